The highest BCUT2D eigenvalue weighted by Crippen LogP contribution is 2.05. The van der Waals surface area contributed by atoms with E-state index >= 15 is 0 Å². The molecule has 70 valence electrons. The van der Waals surface area contributed by atoms with Crippen LogP contribution in [0.3, 0.4) is 0 Å². The van der Waals surface area contributed by atoms with E-state index in [1.165, 1.54) is 0 Å². The van der Waals surface area contributed by atoms with E-state index in [0.717, 1.165) is 6.39 Å². The van der Waals surface area contributed by atoms with Crippen molar-refractivity contribution in [3.63, 3.8) is 0 Å². The number of nitrogens with zero attached hydrogens (tertiary/aromatic N) is 1. The summed E-state index contributed by atoms with van der Waals surface area (Å²) in [7, 11) is 0. The van der Waals surface area contributed by atoms with E-state index in [1.54, 1.807) is 10.9 Å². The number of hydrogen-bond acceptors (Lipinski definition) is 6. The van der Waals surface area contributed by atoms with Gasteiger partial charge in [0, 0.05) is 0 Å². The molecule has 0 radical (unpaired) electrons. The fourth-order valence-corrected chi connectivity index (χ4v) is 0.703. The summed E-state index contributed by atoms with van der Waals surface area (Å²) in [4.78, 5) is 25.3. The quantitative estimate of drug-likeness (QED) is 0.236. The van der Waals surface area contributed by atoms with E-state index in [-0.39, 0.29) is 11.5 Å². The molecule has 1 aromatic heterocycles. The van der Waals surface area contributed by atoms with Crippen LogP contribution in [0, 0.1) is 0 Å². The maximum absolute atomic E-state index is 10.9. The van der Waals surface area contributed by atoms with Crippen LogP contribution in [0.5, 0.6) is 0 Å². The Morgan fingerprint density at radius 3 is 2.46 bits per heavy atom. The summed E-state index contributed by atoms with van der Waals surface area (Å²) in [5.41, 5.74) is 3.38. The van der Waals surface area contributed by atoms with Gasteiger partial charge < -0.3 is 4.42 Å². The molecule has 0 aliphatic heterocycles. The number of amides is 2. The smallest absolute Gasteiger partial charge is 0.303 e. The largest absolute Gasteiger partial charge is 0.437 e. The molecule has 1 heterocycles. The summed E-state index contributed by atoms with van der Waals surface area (Å²) in [5, 5.41) is 0. The zero-order valence-electron chi connectivity index (χ0n) is 6.40. The van der Waals surface area contributed by atoms with Crippen molar-refractivity contribution in [3.8, 4) is 0 Å². The molecule has 0 aliphatic rings. The fraction of sp³-hybridized carbons (Fsp3) is 0. The molecule has 8 nitrogen and oxygen atoms in total. The average molecular weight is 185 g/mol. The minimum Gasteiger partial charge on any atom is -0.437 e. The molecule has 8 heteroatoms. The van der Waals surface area contributed by atoms with Crippen molar-refractivity contribution in [1.82, 2.24) is 15.8 Å². The summed E-state index contributed by atoms with van der Waals surface area (Å²) >= 11 is 0. The van der Waals surface area contributed by atoms with Gasteiger partial charge in [-0.05, 0) is 0 Å². The minimum atomic E-state index is -0.754. The molecule has 1 rings (SSSR count). The molecule has 0 aromatic carbocycles. The highest BCUT2D eigenvalue weighted by atomic mass is 16.4. The number of nitrogens with two attached hydrogens (primary N) is 2. The first-order valence-electron chi connectivity index (χ1n) is 3.16. The van der Waals surface area contributed by atoms with E-state index < -0.39 is 11.8 Å². The van der Waals surface area contributed by atoms with Crippen LogP contribution in [0.4, 0.5) is 0 Å². The molecule has 0 fully saturated rings. The van der Waals surface area contributed by atoms with Crippen LogP contribution in [-0.2, 0) is 0 Å². The third-order valence-electron chi connectivity index (χ3n) is 1.25. The van der Waals surface area contributed by atoms with Crippen LogP contribution in [-0.4, -0.2) is 16.8 Å². The van der Waals surface area contributed by atoms with Gasteiger partial charge in [0.1, 0.15) is 0 Å². The summed E-state index contributed by atoms with van der Waals surface area (Å²) in [6.07, 6.45) is 0.940. The summed E-state index contributed by atoms with van der Waals surface area (Å²) in [6.45, 7) is 0. The van der Waals surface area contributed by atoms with Crippen LogP contribution >= 0.6 is 0 Å². The molecule has 0 saturated carbocycles. The van der Waals surface area contributed by atoms with Crippen LogP contribution in [0.2, 0.25) is 0 Å². The Morgan fingerprint density at radius 1 is 1.31 bits per heavy atom. The van der Waals surface area contributed by atoms with Gasteiger partial charge in [-0.15, -0.1) is 0 Å². The van der Waals surface area contributed by atoms with Crippen molar-refractivity contribution in [2.45, 2.75) is 0 Å². The van der Waals surface area contributed by atoms with Crippen molar-refractivity contribution in [1.29, 1.82) is 0 Å². The molecule has 0 aliphatic carbocycles. The first kappa shape index (κ1) is 9.16. The first-order chi connectivity index (χ1) is 6.20. The normalized spacial score (nSPS) is 9.38. The molecule has 0 saturated heterocycles. The second kappa shape index (κ2) is 3.65. The van der Waals surface area contributed by atoms with Gasteiger partial charge in [0.25, 0.3) is 5.91 Å². The predicted octanol–water partition coefficient (Wildman–Crippen LogP) is -2.12. The van der Waals surface area contributed by atoms with Crippen LogP contribution < -0.4 is 22.5 Å². The Morgan fingerprint density at radius 2 is 1.92 bits per heavy atom. The summed E-state index contributed by atoms with van der Waals surface area (Å²) < 4.78 is 4.62. The van der Waals surface area contributed by atoms with E-state index in [2.05, 4.69) is 9.40 Å². The fourth-order valence-electron chi connectivity index (χ4n) is 0.703. The maximum Gasteiger partial charge on any atom is 0.303 e. The zero-order valence-corrected chi connectivity index (χ0v) is 6.40. The lowest BCUT2D eigenvalue weighted by atomic mass is 10.3. The highest BCUT2D eigenvalue weighted by molar-refractivity contribution is 6.03. The lowest BCUT2D eigenvalue weighted by Gasteiger charge is -1.97. The van der Waals surface area contributed by atoms with Crippen molar-refractivity contribution >= 4 is 11.8 Å². The Bertz CT molecular complexity index is 302. The van der Waals surface area contributed by atoms with E-state index in [1.807, 2.05) is 0 Å². The molecule has 0 atom stereocenters. The lowest BCUT2D eigenvalue weighted by molar-refractivity contribution is 0.0897. The van der Waals surface area contributed by atoms with Gasteiger partial charge in [-0.1, -0.05) is 0 Å². The Kier molecular flexibility index (Phi) is 2.57. The molecule has 6 N–H and O–H groups in total. The number of rotatable bonds is 2. The van der Waals surface area contributed by atoms with Gasteiger partial charge in [0.15, 0.2) is 12.1 Å². The number of nitrogen functional groups attached to an aromatic ring is 2. The molecule has 0 bridgehead atoms. The Hall–Kier alpha value is -1.93. The molecule has 2 amide bonds. The van der Waals surface area contributed by atoms with E-state index in [4.69, 9.17) is 11.7 Å². The summed E-state index contributed by atoms with van der Waals surface area (Å²) in [5.74, 6) is 7.88. The van der Waals surface area contributed by atoms with Crippen LogP contribution in [0.25, 0.3) is 0 Å². The number of hydrogen-bond donors (Lipinski definition) is 4. The van der Waals surface area contributed by atoms with Crippen molar-refractivity contribution in [3.05, 3.63) is 17.8 Å². The van der Waals surface area contributed by atoms with E-state index in [9.17, 15) is 9.59 Å². The zero-order chi connectivity index (χ0) is 9.84. The van der Waals surface area contributed by atoms with Crippen molar-refractivity contribution < 1.29 is 14.0 Å². The topological polar surface area (TPSA) is 136 Å². The van der Waals surface area contributed by atoms with Crippen LogP contribution in [0.1, 0.15) is 21.0 Å². The van der Waals surface area contributed by atoms with Gasteiger partial charge >= 0.3 is 5.91 Å². The average Bonchev–Trinajstić information content (AvgIpc) is 2.63. The molecule has 13 heavy (non-hydrogen) atoms. The number of nitrogens with one attached hydrogen (secondary N) is 2. The molecular formula is C5H7N5O3. The number of hydrazine groups is 2. The first-order valence-corrected chi connectivity index (χ1v) is 3.16. The van der Waals surface area contributed by atoms with Gasteiger partial charge in [-0.3, -0.25) is 20.4 Å². The lowest BCUT2D eigenvalue weighted by Crippen LogP contribution is -2.35. The standard InChI is InChI=1S/C5H7N5O3/c6-9-4(11)2-3(5(12)10-7)13-1-8-2/h1H,6-7H2,(H,9,11)(H,10,12). The second-order valence-electron chi connectivity index (χ2n) is 1.98. The maximum atomic E-state index is 10.9. The van der Waals surface area contributed by atoms with Crippen molar-refractivity contribution in [2.24, 2.45) is 11.7 Å². The van der Waals surface area contributed by atoms with E-state index in [0.29, 0.717) is 0 Å². The van der Waals surface area contributed by atoms with Gasteiger partial charge in [-0.25, -0.2) is 16.7 Å². The third kappa shape index (κ3) is 1.63. The SMILES string of the molecule is NNC(=O)c1ncoc1C(=O)NN. The molecule has 0 spiro atoms. The summed E-state index contributed by atoms with van der Waals surface area (Å²) in [6, 6.07) is 0. The molecule has 0 unspecified atom stereocenters. The number of carbonyl (C=O) groups excluding carboxylic acids is 2. The predicted molar refractivity (Wildman–Crippen MR) is 39.8 cm³/mol. The van der Waals surface area contributed by atoms with Gasteiger partial charge in [-0.2, -0.15) is 0 Å². The second-order valence-corrected chi connectivity index (χ2v) is 1.98. The monoisotopic (exact) mass is 185 g/mol. The van der Waals surface area contributed by atoms with Gasteiger partial charge in [0.2, 0.25) is 5.76 Å². The van der Waals surface area contributed by atoms with Crippen LogP contribution in [0.15, 0.2) is 10.8 Å². The van der Waals surface area contributed by atoms with Gasteiger partial charge in [0.05, 0.1) is 0 Å². The third-order valence-corrected chi connectivity index (χ3v) is 1.25. The number of aromatic nitrogens is 1. The number of carbonyl (C=O) groups is 2. The molecule has 1 aromatic rings. The number of oxazole rings is 1. The van der Waals surface area contributed by atoms with Crippen molar-refractivity contribution in [2.75, 3.05) is 0 Å². The molecular weight excluding hydrogens is 178 g/mol. The minimum absolute atomic E-state index is 0.217. The highest BCUT2D eigenvalue weighted by Gasteiger charge is 2.21. The Balaban J connectivity index is 3.02. The Labute approximate surface area is 72.2 Å².